The normalized spacial score (nSPS) is 12.2. The number of sulfonamides is 1. The Morgan fingerprint density at radius 1 is 1.14 bits per heavy atom. The molecular weight excluding hydrogens is 416 g/mol. The van der Waals surface area contributed by atoms with Crippen molar-refractivity contribution in [3.8, 4) is 0 Å². The van der Waals surface area contributed by atoms with Gasteiger partial charge in [-0.1, -0.05) is 11.6 Å². The van der Waals surface area contributed by atoms with Gasteiger partial charge >= 0.3 is 5.97 Å². The number of hydrogen-bond acceptors (Lipinski definition) is 6. The van der Waals surface area contributed by atoms with E-state index >= 15 is 0 Å². The largest absolute Gasteiger partial charge is 0.459 e. The number of nitrogens with zero attached hydrogens (tertiary/aromatic N) is 4. The Balaban J connectivity index is 2.06. The first-order valence-corrected chi connectivity index (χ1v) is 10.6. The van der Waals surface area contributed by atoms with Gasteiger partial charge in [0.1, 0.15) is 22.9 Å². The van der Waals surface area contributed by atoms with Gasteiger partial charge in [-0.25, -0.2) is 8.42 Å². The average molecular weight is 437 g/mol. The number of anilines is 1. The number of esters is 1. The lowest BCUT2D eigenvalue weighted by molar-refractivity contribution is -0.152. The minimum Gasteiger partial charge on any atom is -0.459 e. The van der Waals surface area contributed by atoms with E-state index < -0.39 is 28.1 Å². The third-order valence-corrected chi connectivity index (χ3v) is 5.95. The highest BCUT2D eigenvalue weighted by atomic mass is 35.5. The summed E-state index contributed by atoms with van der Waals surface area (Å²) in [7, 11) is -4.09. The number of carbonyl (C=O) groups excluding carboxylic acids is 1. The summed E-state index contributed by atoms with van der Waals surface area (Å²) in [6.45, 7) is 6.38. The van der Waals surface area contributed by atoms with Crippen molar-refractivity contribution < 1.29 is 17.9 Å². The third kappa shape index (κ3) is 4.68. The van der Waals surface area contributed by atoms with Crippen molar-refractivity contribution in [2.24, 2.45) is 0 Å². The number of aryl methyl sites for hydroxylation is 1. The van der Waals surface area contributed by atoms with Gasteiger partial charge in [0.25, 0.3) is 10.0 Å². The van der Waals surface area contributed by atoms with Gasteiger partial charge in [-0.15, -0.1) is 10.2 Å². The Morgan fingerprint density at radius 3 is 2.41 bits per heavy atom. The van der Waals surface area contributed by atoms with E-state index in [9.17, 15) is 13.2 Å². The summed E-state index contributed by atoms with van der Waals surface area (Å²) in [6.07, 6.45) is 1.43. The maximum Gasteiger partial charge on any atom is 0.327 e. The highest BCUT2D eigenvalue weighted by molar-refractivity contribution is 7.92. The number of benzene rings is 1. The molecule has 29 heavy (non-hydrogen) atoms. The fourth-order valence-corrected chi connectivity index (χ4v) is 4.21. The zero-order chi connectivity index (χ0) is 21.4. The van der Waals surface area contributed by atoms with Crippen molar-refractivity contribution in [3.63, 3.8) is 0 Å². The van der Waals surface area contributed by atoms with Gasteiger partial charge in [0.05, 0.1) is 5.69 Å². The van der Waals surface area contributed by atoms with Crippen LogP contribution in [0.4, 0.5) is 5.69 Å². The van der Waals surface area contributed by atoms with Crippen molar-refractivity contribution in [1.82, 2.24) is 14.6 Å². The molecule has 0 bridgehead atoms. The van der Waals surface area contributed by atoms with Crippen molar-refractivity contribution in [3.05, 3.63) is 53.4 Å². The summed E-state index contributed by atoms with van der Waals surface area (Å²) in [5, 5.41) is 8.34. The third-order valence-electron chi connectivity index (χ3n) is 3.94. The molecule has 0 aliphatic heterocycles. The second kappa shape index (κ2) is 7.64. The summed E-state index contributed by atoms with van der Waals surface area (Å²) in [4.78, 5) is 12.4. The van der Waals surface area contributed by atoms with Gasteiger partial charge in [0.2, 0.25) is 0 Å². The number of pyridine rings is 1. The molecule has 3 rings (SSSR count). The first kappa shape index (κ1) is 21.1. The summed E-state index contributed by atoms with van der Waals surface area (Å²) in [5.41, 5.74) is 0.0674. The van der Waals surface area contributed by atoms with Gasteiger partial charge in [-0.2, -0.15) is 0 Å². The summed E-state index contributed by atoms with van der Waals surface area (Å²) in [5.74, 6) is -0.125. The van der Waals surface area contributed by atoms with Gasteiger partial charge in [0, 0.05) is 11.2 Å². The molecule has 2 aromatic heterocycles. The fraction of sp³-hybridized carbons (Fsp3) is 0.316. The van der Waals surface area contributed by atoms with Crippen molar-refractivity contribution >= 4 is 38.9 Å². The van der Waals surface area contributed by atoms with Crippen LogP contribution in [-0.2, 0) is 19.6 Å². The number of carbonyl (C=O) groups is 1. The number of ether oxygens (including phenoxy) is 1. The molecule has 3 aromatic rings. The first-order chi connectivity index (χ1) is 13.5. The minimum absolute atomic E-state index is 0.00795. The van der Waals surface area contributed by atoms with Crippen LogP contribution in [0.25, 0.3) is 5.65 Å². The van der Waals surface area contributed by atoms with E-state index in [2.05, 4.69) is 10.2 Å². The van der Waals surface area contributed by atoms with Crippen LogP contribution in [0.3, 0.4) is 0 Å². The predicted molar refractivity (Wildman–Crippen MR) is 110 cm³/mol. The van der Waals surface area contributed by atoms with Gasteiger partial charge in [-0.05, 0) is 64.1 Å². The van der Waals surface area contributed by atoms with E-state index in [0.717, 1.165) is 4.31 Å². The number of fused-ring (bicyclic) bond motifs is 1. The number of aromatic nitrogens is 3. The molecule has 0 amide bonds. The molecule has 154 valence electrons. The van der Waals surface area contributed by atoms with Crippen molar-refractivity contribution in [1.29, 1.82) is 0 Å². The van der Waals surface area contributed by atoms with Crippen LogP contribution in [0.15, 0.2) is 47.5 Å². The molecule has 0 unspecified atom stereocenters. The van der Waals surface area contributed by atoms with E-state index in [1.54, 1.807) is 50.3 Å². The van der Waals surface area contributed by atoms with Crippen LogP contribution < -0.4 is 4.31 Å². The molecule has 0 saturated carbocycles. The molecule has 0 radical (unpaired) electrons. The lowest BCUT2D eigenvalue weighted by Gasteiger charge is -2.26. The molecule has 0 aliphatic carbocycles. The smallest absolute Gasteiger partial charge is 0.327 e. The van der Waals surface area contributed by atoms with Gasteiger partial charge < -0.3 is 4.74 Å². The van der Waals surface area contributed by atoms with E-state index in [0.29, 0.717) is 22.2 Å². The Kier molecular flexibility index (Phi) is 5.55. The Labute approximate surface area is 174 Å². The summed E-state index contributed by atoms with van der Waals surface area (Å²) in [6, 6.07) is 9.17. The van der Waals surface area contributed by atoms with Crippen LogP contribution in [-0.4, -0.2) is 41.1 Å². The second-order valence-corrected chi connectivity index (χ2v) is 9.71. The molecule has 0 fully saturated rings. The van der Waals surface area contributed by atoms with Crippen LogP contribution in [0.1, 0.15) is 26.6 Å². The molecule has 2 heterocycles. The van der Waals surface area contributed by atoms with Crippen molar-refractivity contribution in [2.45, 2.75) is 38.2 Å². The molecule has 0 atom stereocenters. The fourth-order valence-electron chi connectivity index (χ4n) is 2.68. The number of halogens is 1. The molecule has 0 saturated heterocycles. The minimum atomic E-state index is -4.09. The molecule has 0 N–H and O–H groups in total. The predicted octanol–water partition coefficient (Wildman–Crippen LogP) is 3.23. The standard InChI is InChI=1S/C19H21ClN4O4S/c1-13-21-22-17-10-9-16(11-23(13)17)29(26,27)24(12-18(25)28-19(2,3)4)15-7-5-14(20)6-8-15/h5-11H,12H2,1-4H3. The van der Waals surface area contributed by atoms with Crippen LogP contribution in [0.5, 0.6) is 0 Å². The molecule has 0 aliphatic rings. The first-order valence-electron chi connectivity index (χ1n) is 8.79. The highest BCUT2D eigenvalue weighted by Crippen LogP contribution is 2.26. The highest BCUT2D eigenvalue weighted by Gasteiger charge is 2.30. The summed E-state index contributed by atoms with van der Waals surface area (Å²) < 4.78 is 34.7. The Morgan fingerprint density at radius 2 is 1.79 bits per heavy atom. The Hall–Kier alpha value is -2.65. The molecule has 10 heteroatoms. The second-order valence-electron chi connectivity index (χ2n) is 7.41. The van der Waals surface area contributed by atoms with E-state index in [-0.39, 0.29) is 4.90 Å². The molecule has 8 nitrogen and oxygen atoms in total. The lowest BCUT2D eigenvalue weighted by atomic mass is 10.2. The van der Waals surface area contributed by atoms with Crippen LogP contribution in [0.2, 0.25) is 5.02 Å². The van der Waals surface area contributed by atoms with E-state index in [1.807, 2.05) is 0 Å². The van der Waals surface area contributed by atoms with Crippen LogP contribution in [0, 0.1) is 6.92 Å². The van der Waals surface area contributed by atoms with Gasteiger partial charge in [0.15, 0.2) is 5.65 Å². The van der Waals surface area contributed by atoms with Crippen LogP contribution >= 0.6 is 11.6 Å². The zero-order valence-electron chi connectivity index (χ0n) is 16.5. The molecular formula is C19H21ClN4O4S. The van der Waals surface area contributed by atoms with E-state index in [4.69, 9.17) is 16.3 Å². The molecule has 0 spiro atoms. The van der Waals surface area contributed by atoms with E-state index in [1.165, 1.54) is 24.4 Å². The Bertz CT molecular complexity index is 1150. The average Bonchev–Trinajstić information content (AvgIpc) is 2.99. The molecule has 1 aromatic carbocycles. The quantitative estimate of drug-likeness (QED) is 0.570. The summed E-state index contributed by atoms with van der Waals surface area (Å²) >= 11 is 5.93. The maximum absolute atomic E-state index is 13.4. The maximum atomic E-state index is 13.4. The zero-order valence-corrected chi connectivity index (χ0v) is 18.0. The SMILES string of the molecule is Cc1nnc2ccc(S(=O)(=O)N(CC(=O)OC(C)(C)C)c3ccc(Cl)cc3)cn12. The lowest BCUT2D eigenvalue weighted by Crippen LogP contribution is -2.39. The van der Waals surface area contributed by atoms with Gasteiger partial charge in [-0.3, -0.25) is 13.5 Å². The monoisotopic (exact) mass is 436 g/mol. The number of rotatable bonds is 5. The van der Waals surface area contributed by atoms with Crippen molar-refractivity contribution in [2.75, 3.05) is 10.8 Å². The number of hydrogen-bond donors (Lipinski definition) is 0. The topological polar surface area (TPSA) is 93.9 Å².